The number of nitro benzene ring substituents is 1. The molecule has 1 aromatic heterocycles. The van der Waals surface area contributed by atoms with Gasteiger partial charge in [0.25, 0.3) is 11.6 Å². The van der Waals surface area contributed by atoms with E-state index in [4.69, 9.17) is 0 Å². The van der Waals surface area contributed by atoms with Crippen molar-refractivity contribution in [3.63, 3.8) is 0 Å². The van der Waals surface area contributed by atoms with Crippen molar-refractivity contribution in [2.24, 2.45) is 0 Å². The van der Waals surface area contributed by atoms with Gasteiger partial charge in [-0.3, -0.25) is 20.0 Å². The molecule has 0 radical (unpaired) electrons. The fourth-order valence-electron chi connectivity index (χ4n) is 3.15. The van der Waals surface area contributed by atoms with E-state index < -0.39 is 10.8 Å². The zero-order valence-corrected chi connectivity index (χ0v) is 16.0. The minimum atomic E-state index is -0.500. The molecule has 8 nitrogen and oxygen atoms in total. The van der Waals surface area contributed by atoms with Crippen LogP contribution in [-0.2, 0) is 0 Å². The zero-order chi connectivity index (χ0) is 21.1. The van der Waals surface area contributed by atoms with E-state index >= 15 is 0 Å². The Balaban J connectivity index is 1.65. The molecule has 0 unspecified atom stereocenters. The number of para-hydroxylation sites is 1. The average molecular weight is 399 g/mol. The molecule has 0 atom stereocenters. The normalized spacial score (nSPS) is 10.6. The number of nitro groups is 1. The van der Waals surface area contributed by atoms with Gasteiger partial charge in [0, 0.05) is 28.3 Å². The van der Waals surface area contributed by atoms with Crippen LogP contribution in [0.4, 0.5) is 11.4 Å². The van der Waals surface area contributed by atoms with Gasteiger partial charge in [0.1, 0.15) is 0 Å². The molecule has 0 saturated carbocycles. The predicted molar refractivity (Wildman–Crippen MR) is 113 cm³/mol. The Bertz CT molecular complexity index is 1230. The summed E-state index contributed by atoms with van der Waals surface area (Å²) in [6.07, 6.45) is 0. The summed E-state index contributed by atoms with van der Waals surface area (Å²) in [5.74, 6) is 0.605. The molecule has 0 saturated heterocycles. The van der Waals surface area contributed by atoms with Crippen molar-refractivity contribution in [1.29, 1.82) is 0 Å². The molecule has 8 heteroatoms. The lowest BCUT2D eigenvalue weighted by Gasteiger charge is -2.11. The third kappa shape index (κ3) is 3.66. The van der Waals surface area contributed by atoms with Crippen LogP contribution in [0.5, 0.6) is 0 Å². The van der Waals surface area contributed by atoms with E-state index in [1.165, 1.54) is 12.1 Å². The minimum absolute atomic E-state index is 0.0985. The molecule has 1 heterocycles. The molecule has 0 aliphatic heterocycles. The lowest BCUT2D eigenvalue weighted by Crippen LogP contribution is -2.14. The van der Waals surface area contributed by atoms with Gasteiger partial charge in [-0.2, -0.15) is 5.10 Å². The van der Waals surface area contributed by atoms with Gasteiger partial charge < -0.3 is 5.32 Å². The third-order valence-electron chi connectivity index (χ3n) is 4.69. The number of carbonyl (C=O) groups is 1. The van der Waals surface area contributed by atoms with Crippen molar-refractivity contribution < 1.29 is 9.72 Å². The number of amides is 1. The first kappa shape index (κ1) is 19.0. The highest BCUT2D eigenvalue weighted by molar-refractivity contribution is 6.07. The molecule has 0 aliphatic carbocycles. The number of rotatable bonds is 5. The molecule has 0 aliphatic rings. The first-order valence-electron chi connectivity index (χ1n) is 9.17. The number of H-pyrrole nitrogens is 1. The molecule has 0 bridgehead atoms. The standard InChI is InChI=1S/C22H17N5O3/c1-14-16(11-7-13-19(14)27(29)30)22(28)23-18-12-6-5-10-17(18)21-24-20(25-26-21)15-8-3-2-4-9-15/h2-13H,1H3,(H,23,28)(H,24,25,26). The number of aromatic amines is 1. The molecule has 0 spiro atoms. The van der Waals surface area contributed by atoms with E-state index in [9.17, 15) is 14.9 Å². The summed E-state index contributed by atoms with van der Waals surface area (Å²) in [5.41, 5.74) is 2.49. The highest BCUT2D eigenvalue weighted by Crippen LogP contribution is 2.28. The van der Waals surface area contributed by atoms with E-state index in [-0.39, 0.29) is 11.3 Å². The maximum Gasteiger partial charge on any atom is 0.273 e. The molecule has 2 N–H and O–H groups in total. The monoisotopic (exact) mass is 399 g/mol. The van der Waals surface area contributed by atoms with Gasteiger partial charge in [-0.1, -0.05) is 48.5 Å². The fourth-order valence-corrected chi connectivity index (χ4v) is 3.15. The zero-order valence-electron chi connectivity index (χ0n) is 16.0. The Hall–Kier alpha value is -4.33. The average Bonchev–Trinajstić information content (AvgIpc) is 3.25. The number of benzene rings is 3. The van der Waals surface area contributed by atoms with Crippen molar-refractivity contribution in [2.45, 2.75) is 6.92 Å². The molecule has 3 aromatic carbocycles. The number of anilines is 1. The van der Waals surface area contributed by atoms with Crippen LogP contribution < -0.4 is 5.32 Å². The fraction of sp³-hybridized carbons (Fsp3) is 0.0455. The summed E-state index contributed by atoms with van der Waals surface area (Å²) in [6.45, 7) is 1.56. The van der Waals surface area contributed by atoms with Crippen molar-refractivity contribution in [3.05, 3.63) is 94.0 Å². The number of hydrogen-bond acceptors (Lipinski definition) is 5. The number of hydrogen-bond donors (Lipinski definition) is 2. The van der Waals surface area contributed by atoms with E-state index in [0.717, 1.165) is 5.56 Å². The van der Waals surface area contributed by atoms with Crippen molar-refractivity contribution in [2.75, 3.05) is 5.32 Å². The molecule has 30 heavy (non-hydrogen) atoms. The van der Waals surface area contributed by atoms with Crippen LogP contribution >= 0.6 is 0 Å². The van der Waals surface area contributed by atoms with Gasteiger partial charge >= 0.3 is 0 Å². The second-order valence-electron chi connectivity index (χ2n) is 6.58. The van der Waals surface area contributed by atoms with Gasteiger partial charge in [-0.05, 0) is 25.1 Å². The number of carbonyl (C=O) groups excluding carboxylic acids is 1. The quantitative estimate of drug-likeness (QED) is 0.376. The van der Waals surface area contributed by atoms with Crippen molar-refractivity contribution in [3.8, 4) is 22.8 Å². The lowest BCUT2D eigenvalue weighted by molar-refractivity contribution is -0.385. The van der Waals surface area contributed by atoms with E-state index in [1.54, 1.807) is 25.1 Å². The first-order valence-corrected chi connectivity index (χ1v) is 9.17. The maximum atomic E-state index is 12.8. The molecule has 4 aromatic rings. The van der Waals surface area contributed by atoms with E-state index in [0.29, 0.717) is 28.5 Å². The summed E-state index contributed by atoms with van der Waals surface area (Å²) in [4.78, 5) is 28.0. The Kier molecular flexibility index (Phi) is 5.04. The van der Waals surface area contributed by atoms with Crippen molar-refractivity contribution >= 4 is 17.3 Å². The molecular weight excluding hydrogens is 382 g/mol. The SMILES string of the molecule is Cc1c(C(=O)Nc2ccccc2-c2nc(-c3ccccc3)n[nH]2)cccc1[N+](=O)[O-]. The van der Waals surface area contributed by atoms with Crippen molar-refractivity contribution in [1.82, 2.24) is 15.2 Å². The van der Waals surface area contributed by atoms with Gasteiger partial charge in [0.05, 0.1) is 10.6 Å². The molecule has 148 valence electrons. The van der Waals surface area contributed by atoms with E-state index in [2.05, 4.69) is 20.5 Å². The number of nitrogens with zero attached hydrogens (tertiary/aromatic N) is 3. The van der Waals surface area contributed by atoms with Gasteiger partial charge in [0.15, 0.2) is 11.6 Å². The summed E-state index contributed by atoms with van der Waals surface area (Å²) < 4.78 is 0. The molecular formula is C22H17N5O3. The Morgan fingerprint density at radius 1 is 1.00 bits per heavy atom. The number of nitrogens with one attached hydrogen (secondary N) is 2. The second-order valence-corrected chi connectivity index (χ2v) is 6.58. The Morgan fingerprint density at radius 2 is 1.73 bits per heavy atom. The third-order valence-corrected chi connectivity index (χ3v) is 4.69. The van der Waals surface area contributed by atoms with Crippen LogP contribution in [0.3, 0.4) is 0 Å². The van der Waals surface area contributed by atoms with Crippen LogP contribution in [0.2, 0.25) is 0 Å². The van der Waals surface area contributed by atoms with Gasteiger partial charge in [0.2, 0.25) is 0 Å². The first-order chi connectivity index (χ1) is 14.5. The molecule has 0 fully saturated rings. The highest BCUT2D eigenvalue weighted by atomic mass is 16.6. The predicted octanol–water partition coefficient (Wildman–Crippen LogP) is 4.61. The lowest BCUT2D eigenvalue weighted by atomic mass is 10.1. The summed E-state index contributed by atoms with van der Waals surface area (Å²) in [5, 5.41) is 21.2. The van der Waals surface area contributed by atoms with Crippen LogP contribution in [0, 0.1) is 17.0 Å². The van der Waals surface area contributed by atoms with Crippen LogP contribution in [0.25, 0.3) is 22.8 Å². The van der Waals surface area contributed by atoms with E-state index in [1.807, 2.05) is 42.5 Å². The second kappa shape index (κ2) is 7.96. The summed E-state index contributed by atoms with van der Waals surface area (Å²) >= 11 is 0. The summed E-state index contributed by atoms with van der Waals surface area (Å²) in [7, 11) is 0. The smallest absolute Gasteiger partial charge is 0.273 e. The van der Waals surface area contributed by atoms with Gasteiger partial charge in [-0.25, -0.2) is 4.98 Å². The number of aromatic nitrogens is 3. The summed E-state index contributed by atoms with van der Waals surface area (Å²) in [6, 6.07) is 21.1. The minimum Gasteiger partial charge on any atom is -0.321 e. The maximum absolute atomic E-state index is 12.8. The topological polar surface area (TPSA) is 114 Å². The van der Waals surface area contributed by atoms with Gasteiger partial charge in [-0.15, -0.1) is 0 Å². The van der Waals surface area contributed by atoms with Crippen LogP contribution in [0.1, 0.15) is 15.9 Å². The van der Waals surface area contributed by atoms with Crippen LogP contribution in [0.15, 0.2) is 72.8 Å². The largest absolute Gasteiger partial charge is 0.321 e. The Morgan fingerprint density at radius 3 is 2.50 bits per heavy atom. The Labute approximate surface area is 171 Å². The molecule has 4 rings (SSSR count). The highest BCUT2D eigenvalue weighted by Gasteiger charge is 2.19. The molecule has 1 amide bonds. The van der Waals surface area contributed by atoms with Crippen LogP contribution in [-0.4, -0.2) is 26.0 Å².